The average Bonchev–Trinajstić information content (AvgIpc) is 2.36. The van der Waals surface area contributed by atoms with Crippen LogP contribution in [0.3, 0.4) is 0 Å². The highest BCUT2D eigenvalue weighted by Gasteiger charge is 2.16. The molecule has 19 heavy (non-hydrogen) atoms. The standard InChI is InChI=1S/C13H9ClF2N2O/c1-7-3-2-4-17-12(7)18-13(19)8-5-10(15)11(16)6-9(8)14/h2-6H,1H3,(H,17,18,19). The van der Waals surface area contributed by atoms with Crippen LogP contribution in [0.2, 0.25) is 5.02 Å². The first-order valence-electron chi connectivity index (χ1n) is 5.36. The number of halogens is 3. The van der Waals surface area contributed by atoms with Gasteiger partial charge in [0, 0.05) is 6.20 Å². The molecule has 1 aromatic carbocycles. The quantitative estimate of drug-likeness (QED) is 0.856. The molecule has 6 heteroatoms. The SMILES string of the molecule is Cc1cccnc1NC(=O)c1cc(F)c(F)cc1Cl. The second-order valence-corrected chi connectivity index (χ2v) is 4.28. The molecular weight excluding hydrogens is 274 g/mol. The molecule has 2 aromatic rings. The normalized spacial score (nSPS) is 10.3. The van der Waals surface area contributed by atoms with Gasteiger partial charge in [0.1, 0.15) is 5.82 Å². The Labute approximate surface area is 113 Å². The summed E-state index contributed by atoms with van der Waals surface area (Å²) in [6, 6.07) is 4.99. The predicted octanol–water partition coefficient (Wildman–Crippen LogP) is 3.57. The highest BCUT2D eigenvalue weighted by Crippen LogP contribution is 2.21. The minimum absolute atomic E-state index is 0.148. The molecule has 3 nitrogen and oxygen atoms in total. The van der Waals surface area contributed by atoms with Crippen molar-refractivity contribution in [2.45, 2.75) is 6.92 Å². The Morgan fingerprint density at radius 3 is 2.68 bits per heavy atom. The third-order valence-corrected chi connectivity index (χ3v) is 2.81. The average molecular weight is 283 g/mol. The van der Waals surface area contributed by atoms with Gasteiger partial charge in [-0.1, -0.05) is 17.7 Å². The van der Waals surface area contributed by atoms with Crippen molar-refractivity contribution in [2.75, 3.05) is 5.32 Å². The minimum atomic E-state index is -1.13. The summed E-state index contributed by atoms with van der Waals surface area (Å²) in [7, 11) is 0. The van der Waals surface area contributed by atoms with E-state index in [1.165, 1.54) is 6.20 Å². The minimum Gasteiger partial charge on any atom is -0.306 e. The number of anilines is 1. The number of hydrogen-bond acceptors (Lipinski definition) is 2. The van der Waals surface area contributed by atoms with Gasteiger partial charge in [-0.05, 0) is 30.7 Å². The molecule has 0 unspecified atom stereocenters. The van der Waals surface area contributed by atoms with Crippen molar-refractivity contribution in [3.05, 3.63) is 58.2 Å². The van der Waals surface area contributed by atoms with Crippen molar-refractivity contribution in [2.24, 2.45) is 0 Å². The molecule has 1 heterocycles. The number of rotatable bonds is 2. The second kappa shape index (κ2) is 5.32. The smallest absolute Gasteiger partial charge is 0.258 e. The third-order valence-electron chi connectivity index (χ3n) is 2.50. The molecule has 1 amide bonds. The van der Waals surface area contributed by atoms with E-state index in [-0.39, 0.29) is 10.6 Å². The molecule has 98 valence electrons. The van der Waals surface area contributed by atoms with E-state index in [1.807, 2.05) is 0 Å². The second-order valence-electron chi connectivity index (χ2n) is 3.87. The zero-order chi connectivity index (χ0) is 14.0. The van der Waals surface area contributed by atoms with E-state index in [9.17, 15) is 13.6 Å². The molecule has 0 bridgehead atoms. The van der Waals surface area contributed by atoms with E-state index < -0.39 is 17.5 Å². The van der Waals surface area contributed by atoms with Gasteiger partial charge < -0.3 is 5.32 Å². The Kier molecular flexibility index (Phi) is 3.76. The maximum atomic E-state index is 13.1. The molecule has 0 aliphatic heterocycles. The first kappa shape index (κ1) is 13.4. The molecule has 0 saturated heterocycles. The van der Waals surface area contributed by atoms with Crippen LogP contribution >= 0.6 is 11.6 Å². The zero-order valence-electron chi connectivity index (χ0n) is 9.88. The molecule has 0 spiro atoms. The first-order chi connectivity index (χ1) is 8.99. The largest absolute Gasteiger partial charge is 0.306 e. The summed E-state index contributed by atoms with van der Waals surface area (Å²) in [5, 5.41) is 2.33. The Morgan fingerprint density at radius 1 is 1.32 bits per heavy atom. The predicted molar refractivity (Wildman–Crippen MR) is 68.3 cm³/mol. The van der Waals surface area contributed by atoms with Gasteiger partial charge in [-0.15, -0.1) is 0 Å². The monoisotopic (exact) mass is 282 g/mol. The van der Waals surface area contributed by atoms with E-state index in [0.29, 0.717) is 5.82 Å². The van der Waals surface area contributed by atoms with Crippen LogP contribution in [0.4, 0.5) is 14.6 Å². The van der Waals surface area contributed by atoms with Crippen molar-refractivity contribution < 1.29 is 13.6 Å². The molecule has 1 N–H and O–H groups in total. The van der Waals surface area contributed by atoms with E-state index in [0.717, 1.165) is 17.7 Å². The molecule has 2 rings (SSSR count). The zero-order valence-corrected chi connectivity index (χ0v) is 10.6. The Hall–Kier alpha value is -2.01. The number of hydrogen-bond donors (Lipinski definition) is 1. The van der Waals surface area contributed by atoms with Gasteiger partial charge in [-0.2, -0.15) is 0 Å². The van der Waals surface area contributed by atoms with Gasteiger partial charge in [-0.3, -0.25) is 4.79 Å². The van der Waals surface area contributed by atoms with Crippen LogP contribution in [0.25, 0.3) is 0 Å². The van der Waals surface area contributed by atoms with Crippen LogP contribution in [0.1, 0.15) is 15.9 Å². The summed E-state index contributed by atoms with van der Waals surface area (Å²) in [6.45, 7) is 1.76. The summed E-state index contributed by atoms with van der Waals surface area (Å²) < 4.78 is 26.0. The number of nitrogens with zero attached hydrogens (tertiary/aromatic N) is 1. The maximum absolute atomic E-state index is 13.1. The van der Waals surface area contributed by atoms with E-state index in [2.05, 4.69) is 10.3 Å². The molecular formula is C13H9ClF2N2O. The van der Waals surface area contributed by atoms with Gasteiger partial charge in [-0.25, -0.2) is 13.8 Å². The molecule has 0 fully saturated rings. The van der Waals surface area contributed by atoms with Crippen molar-refractivity contribution >= 4 is 23.3 Å². The van der Waals surface area contributed by atoms with Crippen molar-refractivity contribution in [3.63, 3.8) is 0 Å². The van der Waals surface area contributed by atoms with E-state index in [4.69, 9.17) is 11.6 Å². The lowest BCUT2D eigenvalue weighted by atomic mass is 10.2. The van der Waals surface area contributed by atoms with E-state index in [1.54, 1.807) is 19.1 Å². The van der Waals surface area contributed by atoms with Crippen LogP contribution in [0, 0.1) is 18.6 Å². The van der Waals surface area contributed by atoms with Crippen molar-refractivity contribution in [1.82, 2.24) is 4.98 Å². The lowest BCUT2D eigenvalue weighted by molar-refractivity contribution is 0.102. The van der Waals surface area contributed by atoms with Crippen LogP contribution in [-0.2, 0) is 0 Å². The van der Waals surface area contributed by atoms with E-state index >= 15 is 0 Å². The molecule has 0 saturated carbocycles. The number of aromatic nitrogens is 1. The number of benzene rings is 1. The van der Waals surface area contributed by atoms with Crippen molar-refractivity contribution in [1.29, 1.82) is 0 Å². The highest BCUT2D eigenvalue weighted by molar-refractivity contribution is 6.34. The Bertz CT molecular complexity index is 647. The topological polar surface area (TPSA) is 42.0 Å². The molecule has 1 aromatic heterocycles. The highest BCUT2D eigenvalue weighted by atomic mass is 35.5. The molecule has 0 aliphatic carbocycles. The lowest BCUT2D eigenvalue weighted by Gasteiger charge is -2.08. The van der Waals surface area contributed by atoms with Gasteiger partial charge in [0.15, 0.2) is 11.6 Å². The van der Waals surface area contributed by atoms with Crippen LogP contribution in [0.5, 0.6) is 0 Å². The maximum Gasteiger partial charge on any atom is 0.258 e. The van der Waals surface area contributed by atoms with Gasteiger partial charge in [0.2, 0.25) is 0 Å². The molecule has 0 aliphatic rings. The Balaban J connectivity index is 2.31. The molecule has 0 atom stereocenters. The summed E-state index contributed by atoms with van der Waals surface area (Å²) in [5.41, 5.74) is 0.597. The van der Waals surface area contributed by atoms with Gasteiger partial charge >= 0.3 is 0 Å². The lowest BCUT2D eigenvalue weighted by Crippen LogP contribution is -2.15. The number of nitrogens with one attached hydrogen (secondary N) is 1. The van der Waals surface area contributed by atoms with Crippen LogP contribution < -0.4 is 5.32 Å². The van der Waals surface area contributed by atoms with Gasteiger partial charge in [0.25, 0.3) is 5.91 Å². The number of pyridine rings is 1. The summed E-state index contributed by atoms with van der Waals surface area (Å²) in [5.74, 6) is -2.54. The molecule has 0 radical (unpaired) electrons. The van der Waals surface area contributed by atoms with Gasteiger partial charge in [0.05, 0.1) is 10.6 Å². The van der Waals surface area contributed by atoms with Crippen LogP contribution in [-0.4, -0.2) is 10.9 Å². The number of aryl methyl sites for hydroxylation is 1. The summed E-state index contributed by atoms with van der Waals surface area (Å²) in [6.07, 6.45) is 1.51. The number of carbonyl (C=O) groups excluding carboxylic acids is 1. The summed E-state index contributed by atoms with van der Waals surface area (Å²) >= 11 is 5.71. The fraction of sp³-hybridized carbons (Fsp3) is 0.0769. The summed E-state index contributed by atoms with van der Waals surface area (Å²) in [4.78, 5) is 15.9. The first-order valence-corrected chi connectivity index (χ1v) is 5.74. The van der Waals surface area contributed by atoms with Crippen molar-refractivity contribution in [3.8, 4) is 0 Å². The third kappa shape index (κ3) is 2.88. The number of carbonyl (C=O) groups is 1. The van der Waals surface area contributed by atoms with Crippen LogP contribution in [0.15, 0.2) is 30.5 Å². The Morgan fingerprint density at radius 2 is 2.00 bits per heavy atom. The fourth-order valence-corrected chi connectivity index (χ4v) is 1.72. The number of amides is 1. The fourth-order valence-electron chi connectivity index (χ4n) is 1.49.